The molecule has 0 saturated carbocycles. The molecule has 2 aromatic heterocycles. The quantitative estimate of drug-likeness (QED) is 0.600. The van der Waals surface area contributed by atoms with Crippen molar-refractivity contribution in [1.29, 1.82) is 0 Å². The van der Waals surface area contributed by atoms with Gasteiger partial charge >= 0.3 is 0 Å². The fourth-order valence-electron chi connectivity index (χ4n) is 1.21. The van der Waals surface area contributed by atoms with Gasteiger partial charge < -0.3 is 0 Å². The molecule has 0 spiro atoms. The van der Waals surface area contributed by atoms with E-state index in [9.17, 15) is 0 Å². The highest BCUT2D eigenvalue weighted by atomic mass is 79.9. The molecule has 0 nitrogen and oxygen atoms in total. The molecule has 0 aliphatic carbocycles. The number of thiophene rings is 2. The van der Waals surface area contributed by atoms with E-state index in [1.165, 1.54) is 0 Å². The van der Waals surface area contributed by atoms with Gasteiger partial charge in [-0.05, 0) is 45.9 Å². The van der Waals surface area contributed by atoms with Crippen LogP contribution in [-0.4, -0.2) is 0 Å². The van der Waals surface area contributed by atoms with Gasteiger partial charge in [0, 0.05) is 9.75 Å². The lowest BCUT2D eigenvalue weighted by molar-refractivity contribution is 1.23. The largest absolute Gasteiger partial charge is 0.145 e. The van der Waals surface area contributed by atoms with E-state index in [2.05, 4.69) is 15.9 Å². The molecule has 0 bridgehead atoms. The molecule has 0 aliphatic rings. The number of alkyl halides is 1. The topological polar surface area (TPSA) is 0 Å². The van der Waals surface area contributed by atoms with Crippen LogP contribution < -0.4 is 0 Å². The third-order valence-corrected chi connectivity index (χ3v) is 6.18. The Bertz CT molecular complexity index is 475. The summed E-state index contributed by atoms with van der Waals surface area (Å²) in [7, 11) is 0. The zero-order chi connectivity index (χ0) is 11.0. The summed E-state index contributed by atoms with van der Waals surface area (Å²) >= 11 is 19.2. The standard InChI is InChI=1S/C10H7BrCl2S2/c1-5-4-14-10(8(5)12)9(13)6-2-3-7(11)15-6/h2-4,9H,1H3. The SMILES string of the molecule is Cc1csc(C(Cl)c2ccc(Br)s2)c1Cl. The monoisotopic (exact) mass is 340 g/mol. The van der Waals surface area contributed by atoms with Crippen LogP contribution in [0.3, 0.4) is 0 Å². The predicted octanol–water partition coefficient (Wildman–Crippen LogP) is 5.86. The van der Waals surface area contributed by atoms with Crippen molar-refractivity contribution in [3.8, 4) is 0 Å². The first-order chi connectivity index (χ1) is 7.09. The molecule has 1 unspecified atom stereocenters. The second kappa shape index (κ2) is 4.76. The first-order valence-corrected chi connectivity index (χ1v) is 7.52. The van der Waals surface area contributed by atoms with E-state index in [-0.39, 0.29) is 5.38 Å². The molecule has 0 saturated heterocycles. The Kier molecular flexibility index (Phi) is 3.79. The molecule has 15 heavy (non-hydrogen) atoms. The molecule has 0 aromatic carbocycles. The van der Waals surface area contributed by atoms with Crippen LogP contribution in [0.2, 0.25) is 5.02 Å². The van der Waals surface area contributed by atoms with Gasteiger partial charge in [-0.25, -0.2) is 0 Å². The van der Waals surface area contributed by atoms with Crippen LogP contribution >= 0.6 is 61.8 Å². The highest BCUT2D eigenvalue weighted by Gasteiger charge is 2.18. The number of rotatable bonds is 2. The van der Waals surface area contributed by atoms with E-state index in [1.807, 2.05) is 24.4 Å². The summed E-state index contributed by atoms with van der Waals surface area (Å²) in [4.78, 5) is 2.15. The van der Waals surface area contributed by atoms with Crippen molar-refractivity contribution in [2.75, 3.05) is 0 Å². The molecule has 0 amide bonds. The van der Waals surface area contributed by atoms with Gasteiger partial charge in [-0.15, -0.1) is 34.3 Å². The van der Waals surface area contributed by atoms with Crippen LogP contribution in [0, 0.1) is 6.92 Å². The number of halogens is 3. The highest BCUT2D eigenvalue weighted by molar-refractivity contribution is 9.11. The fraction of sp³-hybridized carbons (Fsp3) is 0.200. The van der Waals surface area contributed by atoms with E-state index >= 15 is 0 Å². The zero-order valence-corrected chi connectivity index (χ0v) is 12.5. The first-order valence-electron chi connectivity index (χ1n) is 4.22. The summed E-state index contributed by atoms with van der Waals surface area (Å²) in [5, 5.41) is 2.70. The summed E-state index contributed by atoms with van der Waals surface area (Å²) in [5.41, 5.74) is 1.10. The van der Waals surface area contributed by atoms with Crippen molar-refractivity contribution in [2.45, 2.75) is 12.3 Å². The summed E-state index contributed by atoms with van der Waals surface area (Å²) in [6.07, 6.45) is 0. The molecule has 1 atom stereocenters. The number of hydrogen-bond acceptors (Lipinski definition) is 2. The summed E-state index contributed by atoms with van der Waals surface area (Å²) in [6.45, 7) is 2.00. The van der Waals surface area contributed by atoms with Crippen molar-refractivity contribution in [3.05, 3.63) is 41.6 Å². The lowest BCUT2D eigenvalue weighted by Crippen LogP contribution is -1.86. The van der Waals surface area contributed by atoms with Gasteiger partial charge in [0.05, 0.1) is 8.81 Å². The van der Waals surface area contributed by atoms with Crippen LogP contribution in [0.15, 0.2) is 21.3 Å². The van der Waals surface area contributed by atoms with E-state index in [0.717, 1.165) is 24.1 Å². The molecule has 2 rings (SSSR count). The van der Waals surface area contributed by atoms with E-state index < -0.39 is 0 Å². The van der Waals surface area contributed by atoms with E-state index in [0.29, 0.717) is 0 Å². The van der Waals surface area contributed by atoms with Crippen LogP contribution in [0.25, 0.3) is 0 Å². The summed E-state index contributed by atoms with van der Waals surface area (Å²) < 4.78 is 1.09. The van der Waals surface area contributed by atoms with E-state index in [4.69, 9.17) is 23.2 Å². The molecule has 2 aromatic rings. The van der Waals surface area contributed by atoms with Crippen LogP contribution in [0.4, 0.5) is 0 Å². The Hall–Kier alpha value is 0.460. The lowest BCUT2D eigenvalue weighted by Gasteiger charge is -2.05. The maximum Gasteiger partial charge on any atom is 0.103 e. The molecule has 0 aliphatic heterocycles. The van der Waals surface area contributed by atoms with Gasteiger partial charge in [0.1, 0.15) is 5.38 Å². The molecule has 2 heterocycles. The molecule has 0 fully saturated rings. The van der Waals surface area contributed by atoms with Crippen LogP contribution in [0.5, 0.6) is 0 Å². The number of hydrogen-bond donors (Lipinski definition) is 0. The summed E-state index contributed by atoms with van der Waals surface area (Å²) in [6, 6.07) is 4.03. The van der Waals surface area contributed by atoms with E-state index in [1.54, 1.807) is 22.7 Å². The van der Waals surface area contributed by atoms with Crippen molar-refractivity contribution < 1.29 is 0 Å². The normalized spacial score (nSPS) is 13.1. The Labute approximate surface area is 115 Å². The third-order valence-electron chi connectivity index (χ3n) is 2.00. The maximum absolute atomic E-state index is 6.38. The van der Waals surface area contributed by atoms with Crippen molar-refractivity contribution in [3.63, 3.8) is 0 Å². The van der Waals surface area contributed by atoms with Gasteiger partial charge in [-0.1, -0.05) is 11.6 Å². The second-order valence-electron chi connectivity index (χ2n) is 3.10. The van der Waals surface area contributed by atoms with Gasteiger partial charge in [-0.2, -0.15) is 0 Å². The zero-order valence-electron chi connectivity index (χ0n) is 7.76. The summed E-state index contributed by atoms with van der Waals surface area (Å²) in [5.74, 6) is 0. The minimum atomic E-state index is -0.132. The minimum Gasteiger partial charge on any atom is -0.145 e. The Morgan fingerprint density at radius 1 is 1.40 bits per heavy atom. The van der Waals surface area contributed by atoms with Gasteiger partial charge in [0.15, 0.2) is 0 Å². The Balaban J connectivity index is 2.36. The minimum absolute atomic E-state index is 0.132. The molecule has 5 heteroatoms. The molecular formula is C10H7BrCl2S2. The second-order valence-corrected chi connectivity index (χ2v) is 7.32. The van der Waals surface area contributed by atoms with Crippen LogP contribution in [-0.2, 0) is 0 Å². The third kappa shape index (κ3) is 2.42. The van der Waals surface area contributed by atoms with Crippen molar-refractivity contribution in [2.24, 2.45) is 0 Å². The Morgan fingerprint density at radius 3 is 2.60 bits per heavy atom. The average molecular weight is 342 g/mol. The first kappa shape index (κ1) is 11.9. The molecular weight excluding hydrogens is 335 g/mol. The molecule has 80 valence electrons. The predicted molar refractivity (Wildman–Crippen MR) is 73.8 cm³/mol. The maximum atomic E-state index is 6.38. The highest BCUT2D eigenvalue weighted by Crippen LogP contribution is 2.42. The molecule has 0 N–H and O–H groups in total. The average Bonchev–Trinajstić information content (AvgIpc) is 2.75. The van der Waals surface area contributed by atoms with Crippen LogP contribution in [0.1, 0.15) is 20.7 Å². The van der Waals surface area contributed by atoms with Crippen molar-refractivity contribution >= 4 is 61.8 Å². The fourth-order valence-corrected chi connectivity index (χ4v) is 4.52. The smallest absolute Gasteiger partial charge is 0.103 e. The van der Waals surface area contributed by atoms with Gasteiger partial charge in [0.25, 0.3) is 0 Å². The Morgan fingerprint density at radius 2 is 2.13 bits per heavy atom. The van der Waals surface area contributed by atoms with Gasteiger partial charge in [-0.3, -0.25) is 0 Å². The molecule has 0 radical (unpaired) electrons. The number of aryl methyl sites for hydroxylation is 1. The lowest BCUT2D eigenvalue weighted by atomic mass is 10.2. The van der Waals surface area contributed by atoms with Crippen molar-refractivity contribution in [1.82, 2.24) is 0 Å². The van der Waals surface area contributed by atoms with Gasteiger partial charge in [0.2, 0.25) is 0 Å².